The van der Waals surface area contributed by atoms with Crippen molar-refractivity contribution in [2.75, 3.05) is 26.4 Å². The molecule has 0 aromatic heterocycles. The van der Waals surface area contributed by atoms with E-state index < -0.39 is 0 Å². The smallest absolute Gasteiger partial charge is 0.158 e. The van der Waals surface area contributed by atoms with E-state index in [1.165, 1.54) is 11.1 Å². The van der Waals surface area contributed by atoms with Crippen molar-refractivity contribution in [1.29, 1.82) is 0 Å². The monoisotopic (exact) mass is 278 g/mol. The summed E-state index contributed by atoms with van der Waals surface area (Å²) >= 11 is 0. The zero-order valence-corrected chi connectivity index (χ0v) is 11.8. The summed E-state index contributed by atoms with van der Waals surface area (Å²) < 4.78 is 21.8. The van der Waals surface area contributed by atoms with E-state index in [4.69, 9.17) is 18.9 Å². The molecule has 2 aliphatic heterocycles. The highest BCUT2D eigenvalue weighted by atomic mass is 16.7. The third-order valence-corrected chi connectivity index (χ3v) is 3.74. The molecule has 0 aliphatic carbocycles. The van der Waals surface area contributed by atoms with Crippen molar-refractivity contribution in [3.8, 4) is 0 Å². The Hall–Kier alpha value is -0.940. The van der Waals surface area contributed by atoms with Crippen LogP contribution in [0, 0.1) is 0 Å². The largest absolute Gasteiger partial charge is 0.350 e. The first-order valence-electron chi connectivity index (χ1n) is 7.44. The van der Waals surface area contributed by atoms with Gasteiger partial charge in [-0.05, 0) is 24.0 Å². The molecule has 2 aliphatic rings. The Labute approximate surface area is 120 Å². The lowest BCUT2D eigenvalue weighted by molar-refractivity contribution is -0.0465. The molecule has 0 spiro atoms. The van der Waals surface area contributed by atoms with Crippen molar-refractivity contribution >= 4 is 0 Å². The van der Waals surface area contributed by atoms with E-state index in [0.29, 0.717) is 0 Å². The summed E-state index contributed by atoms with van der Waals surface area (Å²) in [5.74, 6) is 0. The Morgan fingerprint density at radius 2 is 1.00 bits per heavy atom. The molecule has 3 rings (SSSR count). The second-order valence-corrected chi connectivity index (χ2v) is 5.24. The number of benzene rings is 1. The highest BCUT2D eigenvalue weighted by Crippen LogP contribution is 2.16. The maximum atomic E-state index is 5.44. The quantitative estimate of drug-likeness (QED) is 0.800. The van der Waals surface area contributed by atoms with Crippen molar-refractivity contribution in [2.45, 2.75) is 38.3 Å². The lowest BCUT2D eigenvalue weighted by atomic mass is 10.0. The third-order valence-electron chi connectivity index (χ3n) is 3.74. The lowest BCUT2D eigenvalue weighted by Gasteiger charge is -2.10. The van der Waals surface area contributed by atoms with Crippen molar-refractivity contribution in [1.82, 2.24) is 0 Å². The fourth-order valence-corrected chi connectivity index (χ4v) is 2.59. The van der Waals surface area contributed by atoms with Gasteiger partial charge in [0.2, 0.25) is 0 Å². The van der Waals surface area contributed by atoms with E-state index in [9.17, 15) is 0 Å². The Kier molecular flexibility index (Phi) is 5.03. The molecule has 2 heterocycles. The van der Waals surface area contributed by atoms with Crippen LogP contribution >= 0.6 is 0 Å². The molecular weight excluding hydrogens is 256 g/mol. The van der Waals surface area contributed by atoms with Gasteiger partial charge in [0, 0.05) is 12.8 Å². The zero-order chi connectivity index (χ0) is 13.6. The topological polar surface area (TPSA) is 36.9 Å². The summed E-state index contributed by atoms with van der Waals surface area (Å²) in [6.07, 6.45) is 3.85. The van der Waals surface area contributed by atoms with Gasteiger partial charge >= 0.3 is 0 Å². The van der Waals surface area contributed by atoms with Crippen LogP contribution in [0.25, 0.3) is 0 Å². The first kappa shape index (κ1) is 14.0. The molecule has 0 N–H and O–H groups in total. The molecule has 0 saturated carbocycles. The van der Waals surface area contributed by atoms with E-state index in [0.717, 1.165) is 52.1 Å². The second-order valence-electron chi connectivity index (χ2n) is 5.24. The molecule has 0 atom stereocenters. The van der Waals surface area contributed by atoms with Crippen LogP contribution in [-0.2, 0) is 31.8 Å². The Morgan fingerprint density at radius 3 is 1.35 bits per heavy atom. The first-order chi connectivity index (χ1) is 9.90. The van der Waals surface area contributed by atoms with Crippen LogP contribution in [0.15, 0.2) is 24.3 Å². The van der Waals surface area contributed by atoms with Crippen molar-refractivity contribution in [3.05, 3.63) is 35.4 Å². The first-order valence-corrected chi connectivity index (χ1v) is 7.44. The van der Waals surface area contributed by atoms with Gasteiger partial charge < -0.3 is 18.9 Å². The molecule has 2 saturated heterocycles. The van der Waals surface area contributed by atoms with Gasteiger partial charge in [0.05, 0.1) is 26.4 Å². The van der Waals surface area contributed by atoms with Crippen LogP contribution in [0.1, 0.15) is 24.0 Å². The van der Waals surface area contributed by atoms with E-state index in [2.05, 4.69) is 24.3 Å². The summed E-state index contributed by atoms with van der Waals surface area (Å²) in [6, 6.07) is 8.78. The second kappa shape index (κ2) is 7.18. The van der Waals surface area contributed by atoms with Crippen LogP contribution < -0.4 is 0 Å². The molecule has 110 valence electrons. The number of ether oxygens (including phenoxy) is 4. The minimum absolute atomic E-state index is 0.00802. The highest BCUT2D eigenvalue weighted by molar-refractivity contribution is 5.22. The summed E-state index contributed by atoms with van der Waals surface area (Å²) in [5, 5.41) is 0. The van der Waals surface area contributed by atoms with Gasteiger partial charge in [-0.25, -0.2) is 0 Å². The summed E-state index contributed by atoms with van der Waals surface area (Å²) in [5.41, 5.74) is 2.67. The summed E-state index contributed by atoms with van der Waals surface area (Å²) in [6.45, 7) is 2.92. The fourth-order valence-electron chi connectivity index (χ4n) is 2.59. The molecule has 0 amide bonds. The summed E-state index contributed by atoms with van der Waals surface area (Å²) in [7, 11) is 0. The standard InChI is InChI=1S/C16H22O4/c1-2-14(6-8-16-19-11-12-20-16)4-3-13(1)5-7-15-17-9-10-18-15/h1-4,15-16H,5-12H2. The Morgan fingerprint density at radius 1 is 0.650 bits per heavy atom. The van der Waals surface area contributed by atoms with Crippen LogP contribution in [0.3, 0.4) is 0 Å². The van der Waals surface area contributed by atoms with E-state index in [-0.39, 0.29) is 12.6 Å². The van der Waals surface area contributed by atoms with Crippen LogP contribution in [0.4, 0.5) is 0 Å². The van der Waals surface area contributed by atoms with Gasteiger partial charge in [0.15, 0.2) is 12.6 Å². The maximum Gasteiger partial charge on any atom is 0.158 e. The maximum absolute atomic E-state index is 5.44. The predicted molar refractivity (Wildman–Crippen MR) is 74.5 cm³/mol. The molecule has 20 heavy (non-hydrogen) atoms. The SMILES string of the molecule is c1cc(CCC2OCCO2)ccc1CCC1OCCO1. The minimum atomic E-state index is -0.00802. The van der Waals surface area contributed by atoms with Gasteiger partial charge in [0.25, 0.3) is 0 Å². The van der Waals surface area contributed by atoms with E-state index >= 15 is 0 Å². The van der Waals surface area contributed by atoms with Gasteiger partial charge in [-0.15, -0.1) is 0 Å². The van der Waals surface area contributed by atoms with Gasteiger partial charge in [0.1, 0.15) is 0 Å². The summed E-state index contributed by atoms with van der Waals surface area (Å²) in [4.78, 5) is 0. The minimum Gasteiger partial charge on any atom is -0.350 e. The molecule has 2 fully saturated rings. The van der Waals surface area contributed by atoms with E-state index in [1.807, 2.05) is 0 Å². The number of hydrogen-bond acceptors (Lipinski definition) is 4. The number of rotatable bonds is 6. The zero-order valence-electron chi connectivity index (χ0n) is 11.8. The van der Waals surface area contributed by atoms with Crippen molar-refractivity contribution < 1.29 is 18.9 Å². The fraction of sp³-hybridized carbons (Fsp3) is 0.625. The average molecular weight is 278 g/mol. The molecular formula is C16H22O4. The normalized spacial score (nSPS) is 20.8. The van der Waals surface area contributed by atoms with Crippen molar-refractivity contribution in [3.63, 3.8) is 0 Å². The third kappa shape index (κ3) is 4.03. The van der Waals surface area contributed by atoms with E-state index in [1.54, 1.807) is 0 Å². The molecule has 1 aromatic carbocycles. The molecule has 0 bridgehead atoms. The van der Waals surface area contributed by atoms with Gasteiger partial charge in [-0.2, -0.15) is 0 Å². The molecule has 0 unspecified atom stereocenters. The molecule has 1 aromatic rings. The van der Waals surface area contributed by atoms with Crippen LogP contribution in [0.2, 0.25) is 0 Å². The predicted octanol–water partition coefficient (Wildman–Crippen LogP) is 2.30. The molecule has 4 nitrogen and oxygen atoms in total. The number of aryl methyl sites for hydroxylation is 2. The average Bonchev–Trinajstić information content (AvgIpc) is 3.17. The lowest BCUT2D eigenvalue weighted by Crippen LogP contribution is -2.09. The number of hydrogen-bond donors (Lipinski definition) is 0. The molecule has 0 radical (unpaired) electrons. The van der Waals surface area contributed by atoms with Gasteiger partial charge in [-0.1, -0.05) is 24.3 Å². The molecule has 4 heteroatoms. The van der Waals surface area contributed by atoms with Crippen LogP contribution in [-0.4, -0.2) is 39.0 Å². The Bertz CT molecular complexity index is 352. The van der Waals surface area contributed by atoms with Crippen LogP contribution in [0.5, 0.6) is 0 Å². The highest BCUT2D eigenvalue weighted by Gasteiger charge is 2.16. The Balaban J connectivity index is 1.41. The van der Waals surface area contributed by atoms with Gasteiger partial charge in [-0.3, -0.25) is 0 Å². The van der Waals surface area contributed by atoms with Crippen molar-refractivity contribution in [2.24, 2.45) is 0 Å².